The lowest BCUT2D eigenvalue weighted by Gasteiger charge is -2.18. The topological polar surface area (TPSA) is 66.6 Å². The van der Waals surface area contributed by atoms with Gasteiger partial charge in [-0.25, -0.2) is 4.39 Å². The lowest BCUT2D eigenvalue weighted by Crippen LogP contribution is -2.26. The van der Waals surface area contributed by atoms with E-state index in [1.807, 2.05) is 0 Å². The van der Waals surface area contributed by atoms with Crippen molar-refractivity contribution in [3.63, 3.8) is 0 Å². The quantitative estimate of drug-likeness (QED) is 0.728. The molecule has 86 valence electrons. The molecule has 1 heterocycles. The van der Waals surface area contributed by atoms with Crippen molar-refractivity contribution in [1.82, 2.24) is 0 Å². The summed E-state index contributed by atoms with van der Waals surface area (Å²) < 4.78 is 13.2. The molecular weight excluding hydrogens is 211 g/mol. The van der Waals surface area contributed by atoms with Crippen LogP contribution in [0.1, 0.15) is 6.42 Å². The van der Waals surface area contributed by atoms with E-state index in [-0.39, 0.29) is 30.5 Å². The summed E-state index contributed by atoms with van der Waals surface area (Å²) in [7, 11) is 0. The largest absolute Gasteiger partial charge is 0.396 e. The molecule has 16 heavy (non-hydrogen) atoms. The number of carbonyl (C=O) groups is 1. The van der Waals surface area contributed by atoms with Crippen LogP contribution in [0, 0.1) is 11.7 Å². The maximum atomic E-state index is 13.2. The maximum absolute atomic E-state index is 13.2. The molecule has 1 aliphatic heterocycles. The molecule has 0 radical (unpaired) electrons. The van der Waals surface area contributed by atoms with E-state index in [1.165, 1.54) is 17.0 Å². The van der Waals surface area contributed by atoms with Crippen LogP contribution in [0.25, 0.3) is 0 Å². The van der Waals surface area contributed by atoms with Gasteiger partial charge in [-0.2, -0.15) is 0 Å². The Labute approximate surface area is 92.5 Å². The molecule has 0 aromatic heterocycles. The first-order chi connectivity index (χ1) is 7.63. The molecule has 4 nitrogen and oxygen atoms in total. The predicted octanol–water partition coefficient (Wildman–Crippen LogP) is 0.753. The Morgan fingerprint density at radius 1 is 1.56 bits per heavy atom. The number of nitrogen functional groups attached to an aromatic ring is 1. The van der Waals surface area contributed by atoms with E-state index in [0.717, 1.165) is 0 Å². The highest BCUT2D eigenvalue weighted by atomic mass is 19.1. The predicted molar refractivity (Wildman–Crippen MR) is 58.4 cm³/mol. The second-order valence-corrected chi connectivity index (χ2v) is 3.93. The average molecular weight is 224 g/mol. The van der Waals surface area contributed by atoms with Crippen molar-refractivity contribution in [2.45, 2.75) is 6.42 Å². The number of nitrogens with zero attached hydrogens (tertiary/aromatic N) is 1. The third-order valence-electron chi connectivity index (χ3n) is 2.78. The minimum Gasteiger partial charge on any atom is -0.396 e. The van der Waals surface area contributed by atoms with Gasteiger partial charge < -0.3 is 15.7 Å². The SMILES string of the molecule is Nc1c(F)cccc1N1CC(CO)CC1=O. The van der Waals surface area contributed by atoms with E-state index in [2.05, 4.69) is 0 Å². The molecular formula is C11H13FN2O2. The van der Waals surface area contributed by atoms with Crippen molar-refractivity contribution in [3.05, 3.63) is 24.0 Å². The first kappa shape index (κ1) is 10.9. The van der Waals surface area contributed by atoms with Crippen LogP contribution in [0.15, 0.2) is 18.2 Å². The van der Waals surface area contributed by atoms with Gasteiger partial charge in [0, 0.05) is 25.5 Å². The first-order valence-electron chi connectivity index (χ1n) is 5.08. The number of aliphatic hydroxyl groups excluding tert-OH is 1. The van der Waals surface area contributed by atoms with Gasteiger partial charge in [0.1, 0.15) is 5.82 Å². The molecule has 1 fully saturated rings. The summed E-state index contributed by atoms with van der Waals surface area (Å²) in [6.45, 7) is 0.348. The van der Waals surface area contributed by atoms with Gasteiger partial charge in [-0.3, -0.25) is 4.79 Å². The van der Waals surface area contributed by atoms with Crippen molar-refractivity contribution < 1.29 is 14.3 Å². The lowest BCUT2D eigenvalue weighted by atomic mass is 10.1. The molecule has 0 spiro atoms. The number of halogens is 1. The Morgan fingerprint density at radius 2 is 2.31 bits per heavy atom. The monoisotopic (exact) mass is 224 g/mol. The number of aliphatic hydroxyl groups is 1. The van der Waals surface area contributed by atoms with Crippen molar-refractivity contribution in [3.8, 4) is 0 Å². The van der Waals surface area contributed by atoms with Gasteiger partial charge in [0.05, 0.1) is 11.4 Å². The molecule has 1 atom stereocenters. The van der Waals surface area contributed by atoms with Crippen molar-refractivity contribution in [2.75, 3.05) is 23.8 Å². The summed E-state index contributed by atoms with van der Waals surface area (Å²) in [6, 6.07) is 4.37. The molecule has 0 aliphatic carbocycles. The van der Waals surface area contributed by atoms with Crippen LogP contribution in [-0.2, 0) is 4.79 Å². The van der Waals surface area contributed by atoms with Crippen molar-refractivity contribution >= 4 is 17.3 Å². The number of amides is 1. The minimum atomic E-state index is -0.530. The molecule has 3 N–H and O–H groups in total. The zero-order valence-electron chi connectivity index (χ0n) is 8.69. The number of benzene rings is 1. The molecule has 0 saturated carbocycles. The number of carbonyl (C=O) groups excluding carboxylic acids is 1. The maximum Gasteiger partial charge on any atom is 0.227 e. The van der Waals surface area contributed by atoms with E-state index >= 15 is 0 Å². The van der Waals surface area contributed by atoms with Crippen LogP contribution in [-0.4, -0.2) is 24.2 Å². The number of nitrogens with two attached hydrogens (primary N) is 1. The van der Waals surface area contributed by atoms with Gasteiger partial charge >= 0.3 is 0 Å². The van der Waals surface area contributed by atoms with Crippen molar-refractivity contribution in [1.29, 1.82) is 0 Å². The van der Waals surface area contributed by atoms with Gasteiger partial charge in [0.25, 0.3) is 0 Å². The molecule has 2 rings (SSSR count). The van der Waals surface area contributed by atoms with Gasteiger partial charge in [-0.1, -0.05) is 6.07 Å². The molecule has 1 saturated heterocycles. The summed E-state index contributed by atoms with van der Waals surface area (Å²) in [5, 5.41) is 8.99. The zero-order valence-corrected chi connectivity index (χ0v) is 8.69. The Kier molecular flexibility index (Phi) is 2.78. The Hall–Kier alpha value is -1.62. The van der Waals surface area contributed by atoms with E-state index in [0.29, 0.717) is 12.2 Å². The Bertz CT molecular complexity index is 422. The number of para-hydroxylation sites is 1. The van der Waals surface area contributed by atoms with Crippen LogP contribution >= 0.6 is 0 Å². The van der Waals surface area contributed by atoms with Gasteiger partial charge in [-0.05, 0) is 12.1 Å². The van der Waals surface area contributed by atoms with Crippen LogP contribution in [0.2, 0.25) is 0 Å². The highest BCUT2D eigenvalue weighted by Crippen LogP contribution is 2.30. The number of hydrogen-bond acceptors (Lipinski definition) is 3. The first-order valence-corrected chi connectivity index (χ1v) is 5.08. The van der Waals surface area contributed by atoms with Gasteiger partial charge in [0.15, 0.2) is 0 Å². The fraction of sp³-hybridized carbons (Fsp3) is 0.364. The molecule has 1 aliphatic rings. The van der Waals surface area contributed by atoms with Crippen LogP contribution < -0.4 is 10.6 Å². The molecule has 1 amide bonds. The third kappa shape index (κ3) is 1.74. The van der Waals surface area contributed by atoms with E-state index < -0.39 is 5.82 Å². The van der Waals surface area contributed by atoms with E-state index in [9.17, 15) is 9.18 Å². The number of rotatable bonds is 2. The molecule has 0 bridgehead atoms. The van der Waals surface area contributed by atoms with Gasteiger partial charge in [-0.15, -0.1) is 0 Å². The van der Waals surface area contributed by atoms with Gasteiger partial charge in [0.2, 0.25) is 5.91 Å². The Morgan fingerprint density at radius 3 is 2.94 bits per heavy atom. The minimum absolute atomic E-state index is 0.0190. The van der Waals surface area contributed by atoms with Crippen molar-refractivity contribution in [2.24, 2.45) is 5.92 Å². The Balaban J connectivity index is 2.31. The lowest BCUT2D eigenvalue weighted by molar-refractivity contribution is -0.117. The zero-order chi connectivity index (χ0) is 11.7. The standard InChI is InChI=1S/C11H13FN2O2/c12-8-2-1-3-9(11(8)13)14-5-7(6-15)4-10(14)16/h1-3,7,15H,4-6,13H2. The summed E-state index contributed by atoms with van der Waals surface area (Å²) in [5.41, 5.74) is 5.95. The molecule has 1 unspecified atom stereocenters. The smallest absolute Gasteiger partial charge is 0.227 e. The molecule has 1 aromatic rings. The highest BCUT2D eigenvalue weighted by Gasteiger charge is 2.31. The summed E-state index contributed by atoms with van der Waals surface area (Å²) in [4.78, 5) is 13.1. The highest BCUT2D eigenvalue weighted by molar-refractivity contribution is 5.98. The number of hydrogen-bond donors (Lipinski definition) is 2. The third-order valence-corrected chi connectivity index (χ3v) is 2.78. The van der Waals surface area contributed by atoms with Crippen LogP contribution in [0.4, 0.5) is 15.8 Å². The van der Waals surface area contributed by atoms with Crippen LogP contribution in [0.5, 0.6) is 0 Å². The fourth-order valence-corrected chi connectivity index (χ4v) is 1.90. The number of anilines is 2. The average Bonchev–Trinajstić information content (AvgIpc) is 2.64. The van der Waals surface area contributed by atoms with E-state index in [1.54, 1.807) is 6.07 Å². The normalized spacial score (nSPS) is 20.5. The molecule has 5 heteroatoms. The molecule has 1 aromatic carbocycles. The second-order valence-electron chi connectivity index (χ2n) is 3.93. The summed E-state index contributed by atoms with van der Waals surface area (Å²) in [6.07, 6.45) is 0.284. The van der Waals surface area contributed by atoms with Crippen LogP contribution in [0.3, 0.4) is 0 Å². The summed E-state index contributed by atoms with van der Waals surface area (Å²) in [5.74, 6) is -0.746. The van der Waals surface area contributed by atoms with E-state index in [4.69, 9.17) is 10.8 Å². The fourth-order valence-electron chi connectivity index (χ4n) is 1.90. The second kappa shape index (κ2) is 4.09. The summed E-state index contributed by atoms with van der Waals surface area (Å²) >= 11 is 0.